The third kappa shape index (κ3) is 4.69. The highest BCUT2D eigenvalue weighted by molar-refractivity contribution is 6.02. The van der Waals surface area contributed by atoms with Gasteiger partial charge in [0, 0.05) is 43.6 Å². The van der Waals surface area contributed by atoms with E-state index in [0.29, 0.717) is 17.4 Å². The molecule has 1 fully saturated rings. The van der Waals surface area contributed by atoms with Crippen molar-refractivity contribution in [3.8, 4) is 0 Å². The highest BCUT2D eigenvalue weighted by atomic mass is 16.5. The van der Waals surface area contributed by atoms with Gasteiger partial charge in [-0.25, -0.2) is 9.97 Å². The minimum atomic E-state index is -0.395. The average Bonchev–Trinajstić information content (AvgIpc) is 3.14. The summed E-state index contributed by atoms with van der Waals surface area (Å²) in [6, 6.07) is 9.87. The van der Waals surface area contributed by atoms with Crippen LogP contribution in [0.3, 0.4) is 0 Å². The van der Waals surface area contributed by atoms with E-state index in [1.807, 2.05) is 12.1 Å². The summed E-state index contributed by atoms with van der Waals surface area (Å²) in [5.74, 6) is 1.13. The highest BCUT2D eigenvalue weighted by Gasteiger charge is 2.14. The van der Waals surface area contributed by atoms with Gasteiger partial charge in [-0.2, -0.15) is 0 Å². The first-order chi connectivity index (χ1) is 14.1. The van der Waals surface area contributed by atoms with Crippen molar-refractivity contribution >= 4 is 28.9 Å². The maximum Gasteiger partial charge on any atom is 0.277 e. The number of aryl methyl sites for hydroxylation is 1. The van der Waals surface area contributed by atoms with Crippen molar-refractivity contribution in [1.82, 2.24) is 20.0 Å². The van der Waals surface area contributed by atoms with Crippen molar-refractivity contribution in [1.29, 1.82) is 0 Å². The fraction of sp³-hybridized carbons (Fsp3) is 0.300. The van der Waals surface area contributed by atoms with Crippen LogP contribution in [0.4, 0.5) is 23.0 Å². The molecule has 4 rings (SSSR count). The lowest BCUT2D eigenvalue weighted by Crippen LogP contribution is -2.44. The van der Waals surface area contributed by atoms with E-state index in [1.165, 1.54) is 18.1 Å². The van der Waals surface area contributed by atoms with Gasteiger partial charge in [-0.1, -0.05) is 5.16 Å². The molecular formula is C20H23N7O2. The van der Waals surface area contributed by atoms with E-state index in [2.05, 4.69) is 54.7 Å². The lowest BCUT2D eigenvalue weighted by atomic mass is 10.2. The van der Waals surface area contributed by atoms with E-state index in [0.717, 1.165) is 31.9 Å². The molecule has 0 bridgehead atoms. The fourth-order valence-electron chi connectivity index (χ4n) is 3.08. The molecule has 0 aliphatic carbocycles. The number of likely N-dealkylation sites (N-methyl/N-ethyl adjacent to an activating group) is 1. The van der Waals surface area contributed by atoms with E-state index >= 15 is 0 Å². The van der Waals surface area contributed by atoms with Crippen LogP contribution in [-0.4, -0.2) is 59.2 Å². The van der Waals surface area contributed by atoms with E-state index < -0.39 is 5.91 Å². The van der Waals surface area contributed by atoms with Crippen molar-refractivity contribution in [2.75, 3.05) is 48.8 Å². The number of hydrogen-bond donors (Lipinski definition) is 2. The average molecular weight is 393 g/mol. The van der Waals surface area contributed by atoms with Crippen LogP contribution >= 0.6 is 0 Å². The number of nitrogens with one attached hydrogen (secondary N) is 2. The Hall–Kier alpha value is -3.46. The molecule has 29 heavy (non-hydrogen) atoms. The first-order valence-corrected chi connectivity index (χ1v) is 9.44. The van der Waals surface area contributed by atoms with Crippen LogP contribution in [0.15, 0.2) is 47.2 Å². The SMILES string of the molecule is Cc1cc(NC(=O)c2cnc(Nc3ccc(N4CCN(C)CC4)cc3)cn2)no1. The molecule has 150 valence electrons. The zero-order valence-corrected chi connectivity index (χ0v) is 16.4. The molecule has 0 spiro atoms. The van der Waals surface area contributed by atoms with Crippen LogP contribution in [-0.2, 0) is 0 Å². The first kappa shape index (κ1) is 18.9. The number of piperazine rings is 1. The van der Waals surface area contributed by atoms with Crippen molar-refractivity contribution in [2.45, 2.75) is 6.92 Å². The van der Waals surface area contributed by atoms with Gasteiger partial charge >= 0.3 is 0 Å². The van der Waals surface area contributed by atoms with Gasteiger partial charge in [-0.3, -0.25) is 4.79 Å². The monoisotopic (exact) mass is 393 g/mol. The Morgan fingerprint density at radius 1 is 1.03 bits per heavy atom. The number of rotatable bonds is 5. The largest absolute Gasteiger partial charge is 0.369 e. The number of aromatic nitrogens is 3. The normalized spacial score (nSPS) is 14.6. The molecule has 1 aromatic carbocycles. The van der Waals surface area contributed by atoms with Gasteiger partial charge in [0.1, 0.15) is 17.3 Å². The smallest absolute Gasteiger partial charge is 0.277 e. The molecule has 3 heterocycles. The maximum absolute atomic E-state index is 12.2. The van der Waals surface area contributed by atoms with Crippen LogP contribution < -0.4 is 15.5 Å². The lowest BCUT2D eigenvalue weighted by Gasteiger charge is -2.34. The minimum absolute atomic E-state index is 0.196. The van der Waals surface area contributed by atoms with Crippen molar-refractivity contribution in [3.63, 3.8) is 0 Å². The third-order valence-corrected chi connectivity index (χ3v) is 4.76. The standard InChI is InChI=1S/C20H23N7O2/c1-14-11-18(25-29-14)24-20(28)17-12-22-19(13-21-17)23-15-3-5-16(6-4-15)27-9-7-26(2)8-10-27/h3-6,11-13H,7-10H2,1-2H3,(H,22,23)(H,24,25,28). The van der Waals surface area contributed by atoms with Gasteiger partial charge in [0.15, 0.2) is 5.82 Å². The molecule has 1 aliphatic heterocycles. The molecule has 1 aliphatic rings. The summed E-state index contributed by atoms with van der Waals surface area (Å²) in [5, 5.41) is 9.54. The van der Waals surface area contributed by atoms with Gasteiger partial charge in [0.25, 0.3) is 5.91 Å². The number of carbonyl (C=O) groups excluding carboxylic acids is 1. The molecule has 9 nitrogen and oxygen atoms in total. The molecule has 1 saturated heterocycles. The predicted octanol–water partition coefficient (Wildman–Crippen LogP) is 2.52. The molecule has 0 unspecified atom stereocenters. The second kappa shape index (κ2) is 8.27. The summed E-state index contributed by atoms with van der Waals surface area (Å²) in [6.07, 6.45) is 2.94. The summed E-state index contributed by atoms with van der Waals surface area (Å²) in [6.45, 7) is 5.97. The Bertz CT molecular complexity index is 961. The van der Waals surface area contributed by atoms with E-state index in [9.17, 15) is 4.79 Å². The molecule has 0 saturated carbocycles. The van der Waals surface area contributed by atoms with Crippen LogP contribution in [0.1, 0.15) is 16.2 Å². The second-order valence-electron chi connectivity index (χ2n) is 7.03. The number of carbonyl (C=O) groups is 1. The molecule has 3 aromatic rings. The topological polar surface area (TPSA) is 99.4 Å². The van der Waals surface area contributed by atoms with Crippen molar-refractivity contribution < 1.29 is 9.32 Å². The number of anilines is 4. The summed E-state index contributed by atoms with van der Waals surface area (Å²) in [4.78, 5) is 25.3. The molecule has 2 N–H and O–H groups in total. The van der Waals surface area contributed by atoms with E-state index in [1.54, 1.807) is 13.0 Å². The van der Waals surface area contributed by atoms with Crippen molar-refractivity contribution in [2.24, 2.45) is 0 Å². The summed E-state index contributed by atoms with van der Waals surface area (Å²) in [7, 11) is 2.15. The molecule has 1 amide bonds. The molecule has 2 aromatic heterocycles. The molecule has 9 heteroatoms. The van der Waals surface area contributed by atoms with Gasteiger partial charge in [0.05, 0.1) is 12.4 Å². The third-order valence-electron chi connectivity index (χ3n) is 4.76. The van der Waals surface area contributed by atoms with Gasteiger partial charge in [-0.05, 0) is 38.2 Å². The zero-order valence-electron chi connectivity index (χ0n) is 16.4. The van der Waals surface area contributed by atoms with Gasteiger partial charge in [-0.15, -0.1) is 0 Å². The Morgan fingerprint density at radius 3 is 2.41 bits per heavy atom. The van der Waals surface area contributed by atoms with E-state index in [-0.39, 0.29) is 5.69 Å². The predicted molar refractivity (Wildman–Crippen MR) is 111 cm³/mol. The number of benzene rings is 1. The number of amides is 1. The highest BCUT2D eigenvalue weighted by Crippen LogP contribution is 2.21. The van der Waals surface area contributed by atoms with E-state index in [4.69, 9.17) is 4.52 Å². The maximum atomic E-state index is 12.2. The Kier molecular flexibility index (Phi) is 5.39. The van der Waals surface area contributed by atoms with Gasteiger partial charge < -0.3 is 25.0 Å². The number of nitrogens with zero attached hydrogens (tertiary/aromatic N) is 5. The van der Waals surface area contributed by atoms with Crippen molar-refractivity contribution in [3.05, 3.63) is 54.2 Å². The quantitative estimate of drug-likeness (QED) is 0.682. The van der Waals surface area contributed by atoms with Crippen LogP contribution in [0.5, 0.6) is 0 Å². The Labute approximate surface area is 168 Å². The summed E-state index contributed by atoms with van der Waals surface area (Å²) in [5.41, 5.74) is 2.32. The van der Waals surface area contributed by atoms with Crippen LogP contribution in [0, 0.1) is 6.92 Å². The Balaban J connectivity index is 1.35. The van der Waals surface area contributed by atoms with Crippen LogP contribution in [0.2, 0.25) is 0 Å². The van der Waals surface area contributed by atoms with Gasteiger partial charge in [0.2, 0.25) is 0 Å². The molecule has 0 radical (unpaired) electrons. The first-order valence-electron chi connectivity index (χ1n) is 9.44. The van der Waals surface area contributed by atoms with Crippen LogP contribution in [0.25, 0.3) is 0 Å². The summed E-state index contributed by atoms with van der Waals surface area (Å²) >= 11 is 0. The fourth-order valence-corrected chi connectivity index (χ4v) is 3.08. The minimum Gasteiger partial charge on any atom is -0.369 e. The number of hydrogen-bond acceptors (Lipinski definition) is 8. The lowest BCUT2D eigenvalue weighted by molar-refractivity contribution is 0.102. The molecular weight excluding hydrogens is 370 g/mol. The molecule has 0 atom stereocenters. The second-order valence-corrected chi connectivity index (χ2v) is 7.03. The Morgan fingerprint density at radius 2 is 1.79 bits per heavy atom. The zero-order chi connectivity index (χ0) is 20.2. The summed E-state index contributed by atoms with van der Waals surface area (Å²) < 4.78 is 4.92.